The maximum atomic E-state index is 5.68. The Labute approximate surface area is 84.3 Å². The van der Waals surface area contributed by atoms with E-state index in [1.165, 1.54) is 0 Å². The van der Waals surface area contributed by atoms with Crippen molar-refractivity contribution >= 4 is 17.3 Å². The molecule has 0 aliphatic rings. The molecule has 0 fully saturated rings. The summed E-state index contributed by atoms with van der Waals surface area (Å²) in [5, 5.41) is 0.481. The first-order chi connectivity index (χ1) is 4.74. The van der Waals surface area contributed by atoms with Gasteiger partial charge in [-0.25, -0.2) is 0 Å². The Morgan fingerprint density at radius 2 is 2.09 bits per heavy atom. The summed E-state index contributed by atoms with van der Waals surface area (Å²) in [5.41, 5.74) is 6.04. The SMILES string of the molecule is [CH2-]Oc1ccc(N)cc1Cl.[Re]. The number of nitrogen functional groups attached to an aromatic ring is 1. The van der Waals surface area contributed by atoms with Gasteiger partial charge in [0.2, 0.25) is 0 Å². The summed E-state index contributed by atoms with van der Waals surface area (Å²) in [6.07, 6.45) is 0. The van der Waals surface area contributed by atoms with Crippen LogP contribution >= 0.6 is 11.6 Å². The minimum atomic E-state index is 0. The average Bonchev–Trinajstić information content (AvgIpc) is 1.88. The van der Waals surface area contributed by atoms with E-state index in [9.17, 15) is 0 Å². The molecule has 2 N–H and O–H groups in total. The van der Waals surface area contributed by atoms with Crippen molar-refractivity contribution in [3.05, 3.63) is 30.3 Å². The van der Waals surface area contributed by atoms with Gasteiger partial charge in [-0.2, -0.15) is 7.11 Å². The van der Waals surface area contributed by atoms with Gasteiger partial charge in [-0.3, -0.25) is 0 Å². The van der Waals surface area contributed by atoms with E-state index >= 15 is 0 Å². The Kier molecular flexibility index (Phi) is 4.51. The van der Waals surface area contributed by atoms with Gasteiger partial charge in [0.25, 0.3) is 0 Å². The molecule has 2 nitrogen and oxygen atoms in total. The molecule has 1 radical (unpaired) electrons. The van der Waals surface area contributed by atoms with E-state index < -0.39 is 0 Å². The maximum absolute atomic E-state index is 5.68. The van der Waals surface area contributed by atoms with Crippen molar-refractivity contribution in [3.8, 4) is 5.75 Å². The van der Waals surface area contributed by atoms with Gasteiger partial charge in [0.05, 0.1) is 5.02 Å². The van der Waals surface area contributed by atoms with E-state index in [1.54, 1.807) is 18.2 Å². The molecule has 1 aromatic carbocycles. The van der Waals surface area contributed by atoms with Gasteiger partial charge in [-0.15, -0.1) is 0 Å². The molecule has 1 aromatic rings. The first-order valence-electron chi connectivity index (χ1n) is 2.71. The van der Waals surface area contributed by atoms with E-state index in [0.717, 1.165) is 0 Å². The van der Waals surface area contributed by atoms with E-state index in [0.29, 0.717) is 16.5 Å². The van der Waals surface area contributed by atoms with Crippen molar-refractivity contribution in [2.24, 2.45) is 0 Å². The fraction of sp³-hybridized carbons (Fsp3) is 0. The van der Waals surface area contributed by atoms with Crippen molar-refractivity contribution in [2.45, 2.75) is 0 Å². The fourth-order valence-electron chi connectivity index (χ4n) is 0.634. The first kappa shape index (κ1) is 10.8. The van der Waals surface area contributed by atoms with Crippen LogP contribution in [0.4, 0.5) is 5.69 Å². The van der Waals surface area contributed by atoms with E-state index in [-0.39, 0.29) is 20.4 Å². The minimum Gasteiger partial charge on any atom is -0.664 e. The number of ether oxygens (including phenoxy) is 1. The van der Waals surface area contributed by atoms with Crippen LogP contribution in [0.2, 0.25) is 5.02 Å². The monoisotopic (exact) mass is 343 g/mol. The van der Waals surface area contributed by atoms with Crippen molar-refractivity contribution in [2.75, 3.05) is 5.73 Å². The molecule has 0 saturated heterocycles. The minimum absolute atomic E-state index is 0. The number of rotatable bonds is 1. The molecule has 0 aliphatic carbocycles. The van der Waals surface area contributed by atoms with Crippen molar-refractivity contribution < 1.29 is 25.2 Å². The van der Waals surface area contributed by atoms with Gasteiger partial charge in [-0.05, 0) is 18.2 Å². The zero-order chi connectivity index (χ0) is 7.56. The summed E-state index contributed by atoms with van der Waals surface area (Å²) in [5.74, 6) is 0.538. The standard InChI is InChI=1S/C7H7ClNO.Re/c1-10-7-3-2-5(9)4-6(7)8;/h2-4H,1,9H2;/q-1;. The van der Waals surface area contributed by atoms with Crippen LogP contribution in [0.3, 0.4) is 0 Å². The molecule has 0 bridgehead atoms. The van der Waals surface area contributed by atoms with Crippen LogP contribution in [-0.2, 0) is 20.4 Å². The Hall–Kier alpha value is -0.228. The third kappa shape index (κ3) is 2.71. The van der Waals surface area contributed by atoms with E-state index in [2.05, 4.69) is 11.8 Å². The van der Waals surface area contributed by atoms with Gasteiger partial charge in [0.15, 0.2) is 0 Å². The number of hydrogen-bond donors (Lipinski definition) is 1. The van der Waals surface area contributed by atoms with Crippen LogP contribution < -0.4 is 10.5 Å². The average molecular weight is 343 g/mol. The van der Waals surface area contributed by atoms with Gasteiger partial charge < -0.3 is 10.5 Å². The predicted octanol–water partition coefficient (Wildman–Crippen LogP) is 2.09. The first-order valence-corrected chi connectivity index (χ1v) is 3.09. The summed E-state index contributed by atoms with van der Waals surface area (Å²) in [6, 6.07) is 4.99. The second-order valence-electron chi connectivity index (χ2n) is 1.83. The molecule has 0 aromatic heterocycles. The van der Waals surface area contributed by atoms with Crippen LogP contribution in [0.5, 0.6) is 5.75 Å². The van der Waals surface area contributed by atoms with Crippen molar-refractivity contribution in [1.29, 1.82) is 0 Å². The van der Waals surface area contributed by atoms with Gasteiger partial charge in [0.1, 0.15) is 5.75 Å². The Balaban J connectivity index is 0.000001000. The molecule has 0 heterocycles. The molecule has 4 heteroatoms. The topological polar surface area (TPSA) is 35.2 Å². The van der Waals surface area contributed by atoms with Crippen LogP contribution in [0, 0.1) is 7.11 Å². The number of hydrogen-bond acceptors (Lipinski definition) is 2. The number of nitrogens with two attached hydrogens (primary N) is 1. The number of anilines is 1. The van der Waals surface area contributed by atoms with Crippen LogP contribution in [0.1, 0.15) is 0 Å². The van der Waals surface area contributed by atoms with Gasteiger partial charge in [0, 0.05) is 26.1 Å². The van der Waals surface area contributed by atoms with E-state index in [4.69, 9.17) is 17.3 Å². The summed E-state index contributed by atoms with van der Waals surface area (Å²) < 4.78 is 4.66. The third-order valence-electron chi connectivity index (χ3n) is 1.11. The third-order valence-corrected chi connectivity index (χ3v) is 1.41. The molecule has 61 valence electrons. The zero-order valence-corrected chi connectivity index (χ0v) is 9.15. The Morgan fingerprint density at radius 1 is 1.45 bits per heavy atom. The zero-order valence-electron chi connectivity index (χ0n) is 5.68. The summed E-state index contributed by atoms with van der Waals surface area (Å²) in [6.45, 7) is 0. The molecule has 0 spiro atoms. The van der Waals surface area contributed by atoms with Gasteiger partial charge >= 0.3 is 0 Å². The summed E-state index contributed by atoms with van der Waals surface area (Å²) in [7, 11) is 3.22. The molecular formula is C7H7ClNORe-. The summed E-state index contributed by atoms with van der Waals surface area (Å²) >= 11 is 5.68. The smallest absolute Gasteiger partial charge is 0.104 e. The Morgan fingerprint density at radius 3 is 2.55 bits per heavy atom. The maximum Gasteiger partial charge on any atom is 0.104 e. The van der Waals surface area contributed by atoms with E-state index in [1.807, 2.05) is 0 Å². The molecule has 0 aliphatic heterocycles. The van der Waals surface area contributed by atoms with Crippen molar-refractivity contribution in [3.63, 3.8) is 0 Å². The summed E-state index contributed by atoms with van der Waals surface area (Å²) in [4.78, 5) is 0. The fourth-order valence-corrected chi connectivity index (χ4v) is 0.878. The van der Waals surface area contributed by atoms with Crippen LogP contribution in [0.15, 0.2) is 18.2 Å². The molecule has 0 unspecified atom stereocenters. The second kappa shape index (κ2) is 4.61. The number of halogens is 1. The second-order valence-corrected chi connectivity index (χ2v) is 2.24. The molecular weight excluding hydrogens is 336 g/mol. The largest absolute Gasteiger partial charge is 0.664 e. The predicted molar refractivity (Wildman–Crippen MR) is 41.8 cm³/mol. The van der Waals surface area contributed by atoms with Gasteiger partial charge in [-0.1, -0.05) is 11.6 Å². The normalized spacial score (nSPS) is 8.55. The molecule has 0 saturated carbocycles. The van der Waals surface area contributed by atoms with Crippen LogP contribution in [-0.4, -0.2) is 0 Å². The Bertz CT molecular complexity index is 242. The quantitative estimate of drug-likeness (QED) is 0.626. The molecule has 11 heavy (non-hydrogen) atoms. The van der Waals surface area contributed by atoms with Crippen LogP contribution in [0.25, 0.3) is 0 Å². The molecule has 0 amide bonds. The number of benzene rings is 1. The van der Waals surface area contributed by atoms with Crippen molar-refractivity contribution in [1.82, 2.24) is 0 Å². The molecule has 1 rings (SSSR count). The molecule has 0 atom stereocenters.